The van der Waals surface area contributed by atoms with E-state index in [-0.39, 0.29) is 11.8 Å². The lowest BCUT2D eigenvalue weighted by Crippen LogP contribution is -2.54. The lowest BCUT2D eigenvalue weighted by molar-refractivity contribution is 0.113. The van der Waals surface area contributed by atoms with E-state index in [1.54, 1.807) is 0 Å². The predicted octanol–water partition coefficient (Wildman–Crippen LogP) is -0.796. The van der Waals surface area contributed by atoms with Crippen LogP contribution in [0.3, 0.4) is 0 Å². The lowest BCUT2D eigenvalue weighted by atomic mass is 10.1. The van der Waals surface area contributed by atoms with Gasteiger partial charge in [-0.15, -0.1) is 0 Å². The van der Waals surface area contributed by atoms with Gasteiger partial charge in [0.25, 0.3) is 0 Å². The van der Waals surface area contributed by atoms with Crippen molar-refractivity contribution in [3.63, 3.8) is 0 Å². The van der Waals surface area contributed by atoms with Crippen LogP contribution < -0.4 is 11.1 Å². The van der Waals surface area contributed by atoms with Crippen molar-refractivity contribution in [2.24, 2.45) is 16.8 Å². The molecule has 100 valence electrons. The maximum absolute atomic E-state index is 8.55. The van der Waals surface area contributed by atoms with E-state index in [9.17, 15) is 0 Å². The first-order valence-corrected chi connectivity index (χ1v) is 6.11. The Labute approximate surface area is 103 Å². The zero-order valence-corrected chi connectivity index (χ0v) is 11.1. The smallest absolute Gasteiger partial charge is 0.143 e. The third-order valence-corrected chi connectivity index (χ3v) is 3.43. The first kappa shape index (κ1) is 14.2. The third-order valence-electron chi connectivity index (χ3n) is 3.43. The molecule has 4 N–H and O–H groups in total. The molecule has 0 aliphatic carbocycles. The Balaban J connectivity index is 2.25. The molecule has 0 aromatic heterocycles. The van der Waals surface area contributed by atoms with Crippen LogP contribution in [0.1, 0.15) is 6.92 Å². The summed E-state index contributed by atoms with van der Waals surface area (Å²) in [5, 5.41) is 14.9. The largest absolute Gasteiger partial charge is 0.409 e. The minimum atomic E-state index is 0.0617. The number of rotatable bonds is 5. The van der Waals surface area contributed by atoms with Crippen molar-refractivity contribution < 1.29 is 5.21 Å². The third kappa shape index (κ3) is 4.49. The number of likely N-dealkylation sites (N-methyl/N-ethyl adjacent to an activating group) is 2. The monoisotopic (exact) mass is 243 g/mol. The molecule has 0 saturated carbocycles. The molecule has 1 aliphatic heterocycles. The van der Waals surface area contributed by atoms with E-state index < -0.39 is 0 Å². The highest BCUT2D eigenvalue weighted by molar-refractivity contribution is 5.82. The SMILES string of the molecule is CC(CNCC1CN(C)CCN1C)C(N)=NO. The Morgan fingerprint density at radius 2 is 2.24 bits per heavy atom. The molecule has 0 spiro atoms. The zero-order valence-electron chi connectivity index (χ0n) is 11.1. The Hall–Kier alpha value is -0.850. The molecule has 0 radical (unpaired) electrons. The molecule has 17 heavy (non-hydrogen) atoms. The van der Waals surface area contributed by atoms with Crippen LogP contribution >= 0.6 is 0 Å². The van der Waals surface area contributed by atoms with Crippen molar-refractivity contribution in [1.29, 1.82) is 0 Å². The van der Waals surface area contributed by atoms with Crippen molar-refractivity contribution in [1.82, 2.24) is 15.1 Å². The van der Waals surface area contributed by atoms with Crippen LogP contribution in [0.15, 0.2) is 5.16 Å². The fraction of sp³-hybridized carbons (Fsp3) is 0.909. The zero-order chi connectivity index (χ0) is 12.8. The molecule has 0 amide bonds. The molecule has 2 unspecified atom stereocenters. The van der Waals surface area contributed by atoms with Crippen LogP contribution in [-0.4, -0.2) is 73.7 Å². The van der Waals surface area contributed by atoms with E-state index in [4.69, 9.17) is 10.9 Å². The molecule has 2 atom stereocenters. The normalized spacial score (nSPS) is 26.1. The van der Waals surface area contributed by atoms with Crippen LogP contribution in [0, 0.1) is 5.92 Å². The van der Waals surface area contributed by atoms with Gasteiger partial charge in [0, 0.05) is 44.7 Å². The molecule has 0 aromatic carbocycles. The highest BCUT2D eigenvalue weighted by atomic mass is 16.4. The van der Waals surface area contributed by atoms with Gasteiger partial charge in [0.2, 0.25) is 0 Å². The summed E-state index contributed by atoms with van der Waals surface area (Å²) in [7, 11) is 4.31. The van der Waals surface area contributed by atoms with Gasteiger partial charge in [0.05, 0.1) is 0 Å². The number of hydrogen-bond acceptors (Lipinski definition) is 5. The van der Waals surface area contributed by atoms with Crippen molar-refractivity contribution in [3.05, 3.63) is 0 Å². The molecule has 6 nitrogen and oxygen atoms in total. The van der Waals surface area contributed by atoms with Crippen molar-refractivity contribution in [2.45, 2.75) is 13.0 Å². The van der Waals surface area contributed by atoms with E-state index in [1.807, 2.05) is 6.92 Å². The molecule has 0 aromatic rings. The summed E-state index contributed by atoms with van der Waals surface area (Å²) in [6, 6.07) is 0.535. The molecule has 6 heteroatoms. The molecular weight excluding hydrogens is 218 g/mol. The average molecular weight is 243 g/mol. The van der Waals surface area contributed by atoms with Crippen LogP contribution in [0.4, 0.5) is 0 Å². The van der Waals surface area contributed by atoms with Gasteiger partial charge in [0.15, 0.2) is 0 Å². The summed E-state index contributed by atoms with van der Waals surface area (Å²) in [5.41, 5.74) is 5.53. The van der Waals surface area contributed by atoms with Crippen molar-refractivity contribution in [2.75, 3.05) is 46.8 Å². The second-order valence-electron chi connectivity index (χ2n) is 4.98. The number of nitrogens with one attached hydrogen (secondary N) is 1. The molecule has 1 aliphatic rings. The van der Waals surface area contributed by atoms with Gasteiger partial charge in [-0.1, -0.05) is 12.1 Å². The molecule has 1 heterocycles. The topological polar surface area (TPSA) is 77.1 Å². The number of hydrogen-bond donors (Lipinski definition) is 3. The maximum Gasteiger partial charge on any atom is 0.143 e. The van der Waals surface area contributed by atoms with Gasteiger partial charge in [-0.3, -0.25) is 4.90 Å². The molecule has 1 fully saturated rings. The predicted molar refractivity (Wildman–Crippen MR) is 69.4 cm³/mol. The van der Waals surface area contributed by atoms with Gasteiger partial charge in [-0.05, 0) is 14.1 Å². The van der Waals surface area contributed by atoms with Gasteiger partial charge >= 0.3 is 0 Å². The first-order chi connectivity index (χ1) is 8.04. The number of nitrogens with zero attached hydrogens (tertiary/aromatic N) is 3. The van der Waals surface area contributed by atoms with E-state index >= 15 is 0 Å². The van der Waals surface area contributed by atoms with E-state index in [0.717, 1.165) is 32.7 Å². The highest BCUT2D eigenvalue weighted by Gasteiger charge is 2.21. The van der Waals surface area contributed by atoms with E-state index in [0.29, 0.717) is 6.04 Å². The Bertz CT molecular complexity index is 258. The molecular formula is C11H25N5O. The number of oxime groups is 1. The van der Waals surface area contributed by atoms with Crippen molar-refractivity contribution >= 4 is 5.84 Å². The van der Waals surface area contributed by atoms with Crippen LogP contribution in [0.25, 0.3) is 0 Å². The van der Waals surface area contributed by atoms with Gasteiger partial charge < -0.3 is 21.2 Å². The summed E-state index contributed by atoms with van der Waals surface area (Å²) < 4.78 is 0. The average Bonchev–Trinajstić information content (AvgIpc) is 2.32. The quantitative estimate of drug-likeness (QED) is 0.255. The fourth-order valence-electron chi connectivity index (χ4n) is 1.99. The fourth-order valence-corrected chi connectivity index (χ4v) is 1.99. The molecule has 1 saturated heterocycles. The first-order valence-electron chi connectivity index (χ1n) is 6.11. The summed E-state index contributed by atoms with van der Waals surface area (Å²) in [6.45, 7) is 6.94. The minimum absolute atomic E-state index is 0.0617. The summed E-state index contributed by atoms with van der Waals surface area (Å²) in [4.78, 5) is 4.72. The Kier molecular flexibility index (Phi) is 5.67. The van der Waals surface area contributed by atoms with Crippen LogP contribution in [0.2, 0.25) is 0 Å². The number of nitrogens with two attached hydrogens (primary N) is 1. The summed E-state index contributed by atoms with van der Waals surface area (Å²) in [6.07, 6.45) is 0. The van der Waals surface area contributed by atoms with E-state index in [2.05, 4.69) is 34.4 Å². The molecule has 1 rings (SSSR count). The number of piperazine rings is 1. The second kappa shape index (κ2) is 6.78. The van der Waals surface area contributed by atoms with Gasteiger partial charge in [-0.25, -0.2) is 0 Å². The van der Waals surface area contributed by atoms with Gasteiger partial charge in [-0.2, -0.15) is 0 Å². The van der Waals surface area contributed by atoms with E-state index in [1.165, 1.54) is 0 Å². The Morgan fingerprint density at radius 3 is 2.88 bits per heavy atom. The van der Waals surface area contributed by atoms with Crippen molar-refractivity contribution in [3.8, 4) is 0 Å². The second-order valence-corrected chi connectivity index (χ2v) is 4.98. The summed E-state index contributed by atoms with van der Waals surface area (Å²) in [5.74, 6) is 0.346. The van der Waals surface area contributed by atoms with Crippen LogP contribution in [-0.2, 0) is 0 Å². The lowest BCUT2D eigenvalue weighted by Gasteiger charge is -2.38. The van der Waals surface area contributed by atoms with Crippen LogP contribution in [0.5, 0.6) is 0 Å². The summed E-state index contributed by atoms with van der Waals surface area (Å²) >= 11 is 0. The van der Waals surface area contributed by atoms with Gasteiger partial charge in [0.1, 0.15) is 5.84 Å². The minimum Gasteiger partial charge on any atom is -0.409 e. The Morgan fingerprint density at radius 1 is 1.53 bits per heavy atom. The number of amidine groups is 1. The highest BCUT2D eigenvalue weighted by Crippen LogP contribution is 2.04. The maximum atomic E-state index is 8.55. The standard InChI is InChI=1S/C11H25N5O/c1-9(11(12)14-17)6-13-7-10-8-15(2)4-5-16(10)3/h9-10,13,17H,4-8H2,1-3H3,(H2,12,14). The molecule has 0 bridgehead atoms.